The van der Waals surface area contributed by atoms with Crippen molar-refractivity contribution in [2.45, 2.75) is 70.6 Å². The molecule has 1 aromatic heterocycles. The van der Waals surface area contributed by atoms with Crippen LogP contribution in [0.15, 0.2) is 24.3 Å². The number of aromatic nitrogens is 2. The van der Waals surface area contributed by atoms with Gasteiger partial charge in [0.05, 0.1) is 6.42 Å². The molecule has 0 saturated heterocycles. The van der Waals surface area contributed by atoms with Crippen molar-refractivity contribution >= 4 is 23.7 Å². The van der Waals surface area contributed by atoms with Crippen molar-refractivity contribution in [1.82, 2.24) is 20.4 Å². The first-order valence-corrected chi connectivity index (χ1v) is 11.5. The van der Waals surface area contributed by atoms with Gasteiger partial charge in [-0.05, 0) is 49.8 Å². The molecule has 4 rings (SSSR count). The molecule has 1 fully saturated rings. The maximum Gasteiger partial charge on any atom is 0.407 e. The van der Waals surface area contributed by atoms with Crippen molar-refractivity contribution in [1.29, 1.82) is 0 Å². The van der Waals surface area contributed by atoms with Crippen LogP contribution in [0.5, 0.6) is 0 Å². The number of nitrogens with one attached hydrogen (secondary N) is 3. The number of rotatable bonds is 7. The smallest absolute Gasteiger partial charge is 0.407 e. The summed E-state index contributed by atoms with van der Waals surface area (Å²) >= 11 is 0. The van der Waals surface area contributed by atoms with Crippen molar-refractivity contribution in [3.8, 4) is 0 Å². The van der Waals surface area contributed by atoms with Gasteiger partial charge in [0.25, 0.3) is 5.91 Å². The zero-order chi connectivity index (χ0) is 23.5. The van der Waals surface area contributed by atoms with E-state index >= 15 is 0 Å². The Bertz CT molecular complexity index is 1050. The Kier molecular flexibility index (Phi) is 6.67. The van der Waals surface area contributed by atoms with Crippen molar-refractivity contribution in [3.05, 3.63) is 46.6 Å². The van der Waals surface area contributed by atoms with Gasteiger partial charge in [-0.3, -0.25) is 14.7 Å². The van der Waals surface area contributed by atoms with Gasteiger partial charge in [0.15, 0.2) is 5.82 Å². The lowest BCUT2D eigenvalue weighted by atomic mass is 10.0. The topological polar surface area (TPSA) is 116 Å². The van der Waals surface area contributed by atoms with Crippen LogP contribution in [-0.4, -0.2) is 52.2 Å². The number of anilines is 1. The summed E-state index contributed by atoms with van der Waals surface area (Å²) in [4.78, 5) is 38.4. The molecule has 1 aliphatic carbocycles. The van der Waals surface area contributed by atoms with E-state index in [2.05, 4.69) is 20.8 Å². The Hall–Kier alpha value is -3.36. The Morgan fingerprint density at radius 3 is 2.94 bits per heavy atom. The third-order valence-electron chi connectivity index (χ3n) is 6.54. The van der Waals surface area contributed by atoms with Gasteiger partial charge in [0, 0.05) is 42.9 Å². The zero-order valence-corrected chi connectivity index (χ0v) is 19.3. The number of nitrogens with zero attached hydrogens (tertiary/aromatic N) is 2. The van der Waals surface area contributed by atoms with Gasteiger partial charge in [-0.2, -0.15) is 5.10 Å². The summed E-state index contributed by atoms with van der Waals surface area (Å²) in [5, 5.41) is 12.9. The molecule has 9 nitrogen and oxygen atoms in total. The number of carbonyl (C=O) groups is 3. The molecule has 3 N–H and O–H groups in total. The first-order valence-electron chi connectivity index (χ1n) is 11.5. The Labute approximate surface area is 193 Å². The first-order chi connectivity index (χ1) is 15.8. The first kappa shape index (κ1) is 22.8. The fourth-order valence-electron chi connectivity index (χ4n) is 4.49. The van der Waals surface area contributed by atoms with Crippen molar-refractivity contribution in [2.75, 3.05) is 12.4 Å². The van der Waals surface area contributed by atoms with E-state index in [1.54, 1.807) is 18.0 Å². The largest absolute Gasteiger partial charge is 0.446 e. The lowest BCUT2D eigenvalue weighted by Gasteiger charge is -2.16. The van der Waals surface area contributed by atoms with E-state index in [1.807, 2.05) is 32.0 Å². The summed E-state index contributed by atoms with van der Waals surface area (Å²) in [6, 6.07) is 7.43. The van der Waals surface area contributed by atoms with Crippen LogP contribution in [0.2, 0.25) is 0 Å². The molecule has 0 radical (unpaired) electrons. The van der Waals surface area contributed by atoms with Crippen LogP contribution in [0.3, 0.4) is 0 Å². The minimum atomic E-state index is -0.368. The molecule has 1 aliphatic heterocycles. The van der Waals surface area contributed by atoms with Gasteiger partial charge in [0.2, 0.25) is 5.91 Å². The third kappa shape index (κ3) is 5.18. The molecule has 176 valence electrons. The van der Waals surface area contributed by atoms with Gasteiger partial charge >= 0.3 is 6.09 Å². The van der Waals surface area contributed by atoms with E-state index in [-0.39, 0.29) is 42.4 Å². The van der Waals surface area contributed by atoms with E-state index in [4.69, 9.17) is 4.74 Å². The highest BCUT2D eigenvalue weighted by Gasteiger charge is 2.30. The van der Waals surface area contributed by atoms with Crippen molar-refractivity contribution < 1.29 is 19.1 Å². The quantitative estimate of drug-likeness (QED) is 0.595. The number of hydrogen-bond acceptors (Lipinski definition) is 5. The molecule has 0 spiro atoms. The normalized spacial score (nSPS) is 20.5. The van der Waals surface area contributed by atoms with E-state index < -0.39 is 0 Å². The van der Waals surface area contributed by atoms with Crippen LogP contribution in [0.25, 0.3) is 0 Å². The average Bonchev–Trinajstić information content (AvgIpc) is 3.49. The van der Waals surface area contributed by atoms with E-state index in [9.17, 15) is 14.4 Å². The van der Waals surface area contributed by atoms with E-state index in [1.165, 1.54) is 0 Å². The van der Waals surface area contributed by atoms with Crippen molar-refractivity contribution in [2.24, 2.45) is 0 Å². The number of alkyl carbamates (subject to hydrolysis) is 1. The molecule has 0 bridgehead atoms. The maximum atomic E-state index is 12.6. The van der Waals surface area contributed by atoms with Crippen LogP contribution in [0, 0.1) is 0 Å². The van der Waals surface area contributed by atoms with E-state index in [0.717, 1.165) is 42.5 Å². The summed E-state index contributed by atoms with van der Waals surface area (Å²) in [6.07, 6.45) is 2.94. The second-order valence-electron chi connectivity index (χ2n) is 9.03. The summed E-state index contributed by atoms with van der Waals surface area (Å²) in [6.45, 7) is 4.48. The number of H-pyrrole nitrogens is 1. The van der Waals surface area contributed by atoms with Gasteiger partial charge < -0.3 is 20.3 Å². The Balaban J connectivity index is 1.31. The number of ether oxygens (including phenoxy) is 1. The van der Waals surface area contributed by atoms with Crippen LogP contribution in [-0.2, 0) is 22.5 Å². The molecule has 2 aromatic rings. The Morgan fingerprint density at radius 2 is 2.15 bits per heavy atom. The van der Waals surface area contributed by atoms with Crippen molar-refractivity contribution in [3.63, 3.8) is 0 Å². The summed E-state index contributed by atoms with van der Waals surface area (Å²) < 4.78 is 5.54. The average molecular weight is 454 g/mol. The number of hydrogen-bond donors (Lipinski definition) is 3. The molecule has 3 amide bonds. The predicted octanol–water partition coefficient (Wildman–Crippen LogP) is 3.34. The lowest BCUT2D eigenvalue weighted by molar-refractivity contribution is -0.115. The second kappa shape index (κ2) is 9.64. The van der Waals surface area contributed by atoms with Gasteiger partial charge in [-0.25, -0.2) is 4.79 Å². The predicted molar refractivity (Wildman–Crippen MR) is 123 cm³/mol. The Morgan fingerprint density at radius 1 is 1.33 bits per heavy atom. The summed E-state index contributed by atoms with van der Waals surface area (Å²) in [7, 11) is 1.76. The summed E-state index contributed by atoms with van der Waals surface area (Å²) in [5.74, 6) is 0.469. The fourth-order valence-corrected chi connectivity index (χ4v) is 4.49. The van der Waals surface area contributed by atoms with Gasteiger partial charge in [0.1, 0.15) is 6.10 Å². The van der Waals surface area contributed by atoms with Crippen LogP contribution in [0.1, 0.15) is 72.6 Å². The highest BCUT2D eigenvalue weighted by atomic mass is 16.6. The molecule has 1 saturated carbocycles. The zero-order valence-electron chi connectivity index (χ0n) is 19.3. The molecule has 9 heteroatoms. The highest BCUT2D eigenvalue weighted by Crippen LogP contribution is 2.36. The fraction of sp³-hybridized carbons (Fsp3) is 0.500. The van der Waals surface area contributed by atoms with Crippen LogP contribution >= 0.6 is 0 Å². The second-order valence-corrected chi connectivity index (χ2v) is 9.03. The van der Waals surface area contributed by atoms with Crippen LogP contribution in [0.4, 0.5) is 10.6 Å². The lowest BCUT2D eigenvalue weighted by Crippen LogP contribution is -2.34. The van der Waals surface area contributed by atoms with Gasteiger partial charge in [-0.15, -0.1) is 0 Å². The number of amides is 3. The maximum absolute atomic E-state index is 12.6. The molecular formula is C24H31N5O4. The molecule has 3 atom stereocenters. The molecular weight excluding hydrogens is 422 g/mol. The number of aromatic amines is 1. The minimum Gasteiger partial charge on any atom is -0.446 e. The standard InChI is InChI=1S/C24H31N5O4/c1-4-14(2)25-24(32)33-17-9-8-16(10-17)20-12-21(28-27-20)26-22(30)11-15-6-5-7-18-19(15)13-29(3)23(18)31/h5-7,12,14,16-17H,4,8-11,13H2,1-3H3,(H,25,32)(H2,26,27,28,30)/t14-,16-,17+/m0/s1. The number of carbonyl (C=O) groups excluding carboxylic acids is 3. The van der Waals surface area contributed by atoms with Crippen LogP contribution < -0.4 is 10.6 Å². The third-order valence-corrected chi connectivity index (χ3v) is 6.54. The highest BCUT2D eigenvalue weighted by molar-refractivity contribution is 5.99. The molecule has 0 unspecified atom stereocenters. The summed E-state index contributed by atoms with van der Waals surface area (Å²) in [5.41, 5.74) is 3.36. The molecule has 2 heterocycles. The van der Waals surface area contributed by atoms with E-state index in [0.29, 0.717) is 17.9 Å². The number of fused-ring (bicyclic) bond motifs is 1. The molecule has 2 aliphatic rings. The SMILES string of the molecule is CC[C@H](C)NC(=O)O[C@@H]1CC[C@H](c2cc(NC(=O)Cc3cccc4c3CN(C)C4=O)n[nH]2)C1. The van der Waals surface area contributed by atoms with Gasteiger partial charge in [-0.1, -0.05) is 19.1 Å². The molecule has 1 aromatic carbocycles. The monoisotopic (exact) mass is 453 g/mol. The minimum absolute atomic E-state index is 0.0135. The number of benzene rings is 1. The molecule has 33 heavy (non-hydrogen) atoms.